The molecular formula is C27H33N7O. The number of imidazole rings is 1. The molecule has 0 aliphatic heterocycles. The van der Waals surface area contributed by atoms with Gasteiger partial charge in [0.15, 0.2) is 0 Å². The van der Waals surface area contributed by atoms with E-state index in [2.05, 4.69) is 53.7 Å². The Hall–Kier alpha value is -3.55. The number of aromatic nitrogens is 7. The van der Waals surface area contributed by atoms with E-state index in [1.165, 1.54) is 6.42 Å². The van der Waals surface area contributed by atoms with Crippen LogP contribution in [0, 0.1) is 11.8 Å². The summed E-state index contributed by atoms with van der Waals surface area (Å²) >= 11 is 0. The molecule has 8 heteroatoms. The Balaban J connectivity index is 1.44. The molecule has 5 rings (SSSR count). The van der Waals surface area contributed by atoms with Gasteiger partial charge < -0.3 is 0 Å². The van der Waals surface area contributed by atoms with Gasteiger partial charge in [0.25, 0.3) is 0 Å². The maximum atomic E-state index is 13.5. The van der Waals surface area contributed by atoms with Crippen molar-refractivity contribution in [3.8, 4) is 22.5 Å². The Morgan fingerprint density at radius 1 is 1.09 bits per heavy atom. The van der Waals surface area contributed by atoms with Crippen LogP contribution in [0.5, 0.6) is 0 Å². The minimum Gasteiger partial charge on any atom is -0.296 e. The van der Waals surface area contributed by atoms with E-state index in [0.29, 0.717) is 24.2 Å². The molecule has 1 aliphatic carbocycles. The first-order valence-corrected chi connectivity index (χ1v) is 12.6. The molecule has 1 aromatic carbocycles. The van der Waals surface area contributed by atoms with Crippen LogP contribution in [0.4, 0.5) is 0 Å². The van der Waals surface area contributed by atoms with Gasteiger partial charge in [-0.3, -0.25) is 14.1 Å². The van der Waals surface area contributed by atoms with Crippen molar-refractivity contribution in [2.24, 2.45) is 11.8 Å². The maximum absolute atomic E-state index is 13.5. The molecule has 0 bridgehead atoms. The highest BCUT2D eigenvalue weighted by atomic mass is 16.1. The lowest BCUT2D eigenvalue weighted by molar-refractivity contribution is 0.393. The molecule has 4 aromatic rings. The van der Waals surface area contributed by atoms with Crippen LogP contribution in [0.3, 0.4) is 0 Å². The summed E-state index contributed by atoms with van der Waals surface area (Å²) in [6.07, 6.45) is 9.31. The van der Waals surface area contributed by atoms with E-state index >= 15 is 0 Å². The molecule has 0 radical (unpaired) electrons. The topological polar surface area (TPSA) is 94.3 Å². The van der Waals surface area contributed by atoms with E-state index in [9.17, 15) is 4.79 Å². The number of tetrazole rings is 1. The second kappa shape index (κ2) is 9.98. The molecule has 1 N–H and O–H groups in total. The van der Waals surface area contributed by atoms with Gasteiger partial charge in [-0.1, -0.05) is 57.5 Å². The van der Waals surface area contributed by atoms with Crippen LogP contribution in [-0.4, -0.2) is 34.7 Å². The molecule has 1 fully saturated rings. The van der Waals surface area contributed by atoms with Gasteiger partial charge >= 0.3 is 5.69 Å². The highest BCUT2D eigenvalue weighted by Gasteiger charge is 2.32. The first-order chi connectivity index (χ1) is 17.0. The number of hydrogen-bond acceptors (Lipinski definition) is 5. The number of aryl methyl sites for hydroxylation is 1. The number of nitrogens with one attached hydrogen (secondary N) is 1. The van der Waals surface area contributed by atoms with E-state index in [-0.39, 0.29) is 11.7 Å². The van der Waals surface area contributed by atoms with Crippen molar-refractivity contribution >= 4 is 0 Å². The van der Waals surface area contributed by atoms with Gasteiger partial charge in [-0.2, -0.15) is 5.21 Å². The van der Waals surface area contributed by atoms with E-state index in [1.54, 1.807) is 0 Å². The van der Waals surface area contributed by atoms with Gasteiger partial charge in [-0.15, -0.1) is 10.2 Å². The van der Waals surface area contributed by atoms with Crippen LogP contribution in [-0.2, 0) is 13.0 Å². The van der Waals surface area contributed by atoms with Gasteiger partial charge in [0, 0.05) is 35.3 Å². The van der Waals surface area contributed by atoms with E-state index in [1.807, 2.05) is 45.7 Å². The number of hydrogen-bond donors (Lipinski definition) is 1. The van der Waals surface area contributed by atoms with Gasteiger partial charge in [0.2, 0.25) is 5.82 Å². The second-order valence-corrected chi connectivity index (χ2v) is 9.94. The molecule has 182 valence electrons. The predicted octanol–water partition coefficient (Wildman–Crippen LogP) is 4.89. The van der Waals surface area contributed by atoms with Crippen molar-refractivity contribution in [3.63, 3.8) is 0 Å². The van der Waals surface area contributed by atoms with E-state index in [0.717, 1.165) is 53.8 Å². The third kappa shape index (κ3) is 4.70. The molecule has 0 saturated heterocycles. The standard InChI is InChI=1S/C27H33N7O/c1-4-5-8-22-17-34(25-14-18(2)13-19(25)3)27(35)33(22)16-21-12-11-20(15-28-21)23-9-6-7-10-24(23)26-29-31-32-30-26/h6-7,9-12,15,17-19,25H,4-5,8,13-14,16H2,1-3H3,(H,29,30,31,32). The third-order valence-electron chi connectivity index (χ3n) is 7.27. The Morgan fingerprint density at radius 2 is 1.91 bits per heavy atom. The fourth-order valence-corrected chi connectivity index (χ4v) is 5.48. The SMILES string of the molecule is CCCCc1cn(C2CC(C)CC2C)c(=O)n1Cc1ccc(-c2ccccc2-c2nn[nH]n2)cn1. The third-order valence-corrected chi connectivity index (χ3v) is 7.27. The Kier molecular flexibility index (Phi) is 6.61. The monoisotopic (exact) mass is 471 g/mol. The lowest BCUT2D eigenvalue weighted by Gasteiger charge is -2.15. The number of unbranched alkanes of at least 4 members (excludes halogenated alkanes) is 1. The zero-order chi connectivity index (χ0) is 24.4. The molecule has 3 heterocycles. The number of pyridine rings is 1. The molecule has 3 unspecified atom stereocenters. The summed E-state index contributed by atoms with van der Waals surface area (Å²) in [6.45, 7) is 7.23. The predicted molar refractivity (Wildman–Crippen MR) is 136 cm³/mol. The summed E-state index contributed by atoms with van der Waals surface area (Å²) in [7, 11) is 0. The summed E-state index contributed by atoms with van der Waals surface area (Å²) in [4.78, 5) is 18.3. The number of rotatable bonds is 8. The fourth-order valence-electron chi connectivity index (χ4n) is 5.48. The van der Waals surface area contributed by atoms with Gasteiger partial charge in [0.05, 0.1) is 12.2 Å². The first kappa shape index (κ1) is 23.2. The minimum absolute atomic E-state index is 0.0929. The van der Waals surface area contributed by atoms with Crippen LogP contribution < -0.4 is 5.69 Å². The van der Waals surface area contributed by atoms with Crippen molar-refractivity contribution in [1.29, 1.82) is 0 Å². The minimum atomic E-state index is 0.0929. The zero-order valence-electron chi connectivity index (χ0n) is 20.7. The van der Waals surface area contributed by atoms with Crippen molar-refractivity contribution in [2.75, 3.05) is 0 Å². The fraction of sp³-hybridized carbons (Fsp3) is 0.444. The normalized spacial score (nSPS) is 19.9. The Bertz CT molecular complexity index is 1320. The molecule has 0 spiro atoms. The molecule has 1 saturated carbocycles. The van der Waals surface area contributed by atoms with E-state index in [4.69, 9.17) is 4.98 Å². The van der Waals surface area contributed by atoms with Crippen LogP contribution in [0.1, 0.15) is 63.9 Å². The molecule has 8 nitrogen and oxygen atoms in total. The largest absolute Gasteiger partial charge is 0.328 e. The molecule has 35 heavy (non-hydrogen) atoms. The summed E-state index contributed by atoms with van der Waals surface area (Å²) in [5, 5.41) is 14.5. The second-order valence-electron chi connectivity index (χ2n) is 9.94. The van der Waals surface area contributed by atoms with Crippen LogP contribution in [0.15, 0.2) is 53.6 Å². The van der Waals surface area contributed by atoms with Crippen molar-refractivity contribution in [1.82, 2.24) is 34.7 Å². The molecule has 1 aliphatic rings. The molecule has 0 amide bonds. The van der Waals surface area contributed by atoms with Crippen LogP contribution in [0.2, 0.25) is 0 Å². The summed E-state index contributed by atoms with van der Waals surface area (Å²) < 4.78 is 3.94. The lowest BCUT2D eigenvalue weighted by Crippen LogP contribution is -2.29. The highest BCUT2D eigenvalue weighted by Crippen LogP contribution is 2.38. The molecule has 3 atom stereocenters. The molecule has 3 aromatic heterocycles. The average Bonchev–Trinajstić information content (AvgIpc) is 3.59. The maximum Gasteiger partial charge on any atom is 0.328 e. The number of aromatic amines is 1. The van der Waals surface area contributed by atoms with Crippen molar-refractivity contribution in [2.45, 2.75) is 65.5 Å². The number of benzene rings is 1. The first-order valence-electron chi connectivity index (χ1n) is 12.6. The van der Waals surface area contributed by atoms with Gasteiger partial charge in [-0.05, 0) is 54.4 Å². The van der Waals surface area contributed by atoms with Crippen molar-refractivity contribution in [3.05, 3.63) is 70.7 Å². The Morgan fingerprint density at radius 3 is 2.57 bits per heavy atom. The van der Waals surface area contributed by atoms with E-state index < -0.39 is 0 Å². The smallest absolute Gasteiger partial charge is 0.296 e. The van der Waals surface area contributed by atoms with Crippen LogP contribution in [0.25, 0.3) is 22.5 Å². The zero-order valence-corrected chi connectivity index (χ0v) is 20.7. The number of nitrogens with zero attached hydrogens (tertiary/aromatic N) is 6. The summed E-state index contributed by atoms with van der Waals surface area (Å²) in [5.74, 6) is 1.73. The van der Waals surface area contributed by atoms with Gasteiger partial charge in [-0.25, -0.2) is 4.79 Å². The quantitative estimate of drug-likeness (QED) is 0.395. The molecular weight excluding hydrogens is 438 g/mol. The summed E-state index contributed by atoms with van der Waals surface area (Å²) in [5.41, 5.74) is 4.93. The highest BCUT2D eigenvalue weighted by molar-refractivity contribution is 5.79. The summed E-state index contributed by atoms with van der Waals surface area (Å²) in [6, 6.07) is 12.3. The lowest BCUT2D eigenvalue weighted by atomic mass is 10.0. The van der Waals surface area contributed by atoms with Gasteiger partial charge in [0.1, 0.15) is 0 Å². The average molecular weight is 472 g/mol. The number of H-pyrrole nitrogens is 1. The van der Waals surface area contributed by atoms with Crippen LogP contribution >= 0.6 is 0 Å². The van der Waals surface area contributed by atoms with Crippen molar-refractivity contribution < 1.29 is 0 Å². The Labute approximate surface area is 205 Å².